The van der Waals surface area contributed by atoms with E-state index in [9.17, 15) is 4.79 Å². The molecule has 0 aliphatic rings. The lowest BCUT2D eigenvalue weighted by Crippen LogP contribution is -2.27. The molecule has 0 aliphatic carbocycles. The standard InChI is InChI=1S/C36H73NO2/c1-3-5-7-9-11-13-15-17-19-21-23-25-27-29-33-37(35-31-32-36(38)39)34-30-28-26-24-22-20-18-16-14-12-10-8-6-4-2/h3-35H2,1-2H3,(H,38,39). The number of hydrogen-bond acceptors (Lipinski definition) is 2. The molecule has 0 saturated heterocycles. The summed E-state index contributed by atoms with van der Waals surface area (Å²) in [6.45, 7) is 7.87. The summed E-state index contributed by atoms with van der Waals surface area (Å²) in [5, 5.41) is 9.02. The first-order valence-electron chi connectivity index (χ1n) is 18.1. The van der Waals surface area contributed by atoms with E-state index in [1.807, 2.05) is 0 Å². The van der Waals surface area contributed by atoms with Gasteiger partial charge in [0.2, 0.25) is 0 Å². The molecule has 0 rings (SSSR count). The van der Waals surface area contributed by atoms with Crippen LogP contribution in [0.5, 0.6) is 0 Å². The molecule has 39 heavy (non-hydrogen) atoms. The zero-order chi connectivity index (χ0) is 28.5. The van der Waals surface area contributed by atoms with Crippen LogP contribution in [0.4, 0.5) is 0 Å². The molecule has 0 spiro atoms. The van der Waals surface area contributed by atoms with Crippen LogP contribution in [0.25, 0.3) is 0 Å². The van der Waals surface area contributed by atoms with Crippen LogP contribution in [-0.2, 0) is 4.79 Å². The summed E-state index contributed by atoms with van der Waals surface area (Å²) in [6, 6.07) is 0. The molecular formula is C36H73NO2. The Morgan fingerprint density at radius 1 is 0.385 bits per heavy atom. The summed E-state index contributed by atoms with van der Waals surface area (Å²) in [4.78, 5) is 13.5. The van der Waals surface area contributed by atoms with Crippen LogP contribution < -0.4 is 0 Å². The number of aliphatic carboxylic acids is 1. The zero-order valence-electron chi connectivity index (χ0n) is 27.1. The molecule has 234 valence electrons. The highest BCUT2D eigenvalue weighted by molar-refractivity contribution is 5.66. The van der Waals surface area contributed by atoms with Crippen molar-refractivity contribution in [3.8, 4) is 0 Å². The maximum absolute atomic E-state index is 11.0. The van der Waals surface area contributed by atoms with Crippen molar-refractivity contribution in [2.75, 3.05) is 19.6 Å². The largest absolute Gasteiger partial charge is 0.481 e. The average Bonchev–Trinajstić information content (AvgIpc) is 2.92. The van der Waals surface area contributed by atoms with Crippen LogP contribution >= 0.6 is 0 Å². The number of unbranched alkanes of at least 4 members (excludes halogenated alkanes) is 26. The van der Waals surface area contributed by atoms with Crippen LogP contribution in [0, 0.1) is 0 Å². The minimum absolute atomic E-state index is 0.313. The fraction of sp³-hybridized carbons (Fsp3) is 0.972. The van der Waals surface area contributed by atoms with E-state index >= 15 is 0 Å². The van der Waals surface area contributed by atoms with Gasteiger partial charge in [-0.25, -0.2) is 0 Å². The fourth-order valence-electron chi connectivity index (χ4n) is 5.85. The lowest BCUT2D eigenvalue weighted by Gasteiger charge is -2.22. The first kappa shape index (κ1) is 38.4. The Bertz CT molecular complexity index is 435. The Kier molecular flexibility index (Phi) is 33.1. The SMILES string of the molecule is CCCCCCCCCCCCCCCCN(CCCCCCCCCCCCCCCC)CCCC(=O)O. The molecule has 3 heteroatoms. The van der Waals surface area contributed by atoms with Crippen LogP contribution in [0.3, 0.4) is 0 Å². The molecule has 0 aromatic heterocycles. The minimum atomic E-state index is -0.650. The van der Waals surface area contributed by atoms with Crippen LogP contribution in [-0.4, -0.2) is 35.6 Å². The molecule has 0 heterocycles. The van der Waals surface area contributed by atoms with E-state index < -0.39 is 5.97 Å². The van der Waals surface area contributed by atoms with Gasteiger partial charge in [-0.1, -0.05) is 181 Å². The van der Waals surface area contributed by atoms with Gasteiger partial charge in [0.1, 0.15) is 0 Å². The zero-order valence-corrected chi connectivity index (χ0v) is 27.1. The van der Waals surface area contributed by atoms with E-state index in [1.54, 1.807) is 0 Å². The summed E-state index contributed by atoms with van der Waals surface area (Å²) in [6.07, 6.45) is 40.4. The highest BCUT2D eigenvalue weighted by atomic mass is 16.4. The van der Waals surface area contributed by atoms with Gasteiger partial charge in [-0.3, -0.25) is 4.79 Å². The first-order chi connectivity index (χ1) is 19.2. The second-order valence-corrected chi connectivity index (χ2v) is 12.5. The van der Waals surface area contributed by atoms with E-state index in [4.69, 9.17) is 5.11 Å². The van der Waals surface area contributed by atoms with Crippen molar-refractivity contribution >= 4 is 5.97 Å². The third-order valence-corrected chi connectivity index (χ3v) is 8.52. The maximum atomic E-state index is 11.0. The Balaban J connectivity index is 3.65. The number of carboxylic acids is 1. The molecule has 0 aromatic rings. The Hall–Kier alpha value is -0.570. The van der Waals surface area contributed by atoms with E-state index in [-0.39, 0.29) is 0 Å². The van der Waals surface area contributed by atoms with Crippen molar-refractivity contribution < 1.29 is 9.90 Å². The Labute approximate surface area is 246 Å². The monoisotopic (exact) mass is 552 g/mol. The number of carboxylic acid groups (broad SMARTS) is 1. The van der Waals surface area contributed by atoms with Gasteiger partial charge < -0.3 is 10.0 Å². The Morgan fingerprint density at radius 3 is 0.872 bits per heavy atom. The van der Waals surface area contributed by atoms with Crippen molar-refractivity contribution in [2.45, 2.75) is 206 Å². The van der Waals surface area contributed by atoms with Crippen molar-refractivity contribution in [1.82, 2.24) is 4.90 Å². The predicted molar refractivity (Wildman–Crippen MR) is 174 cm³/mol. The van der Waals surface area contributed by atoms with Gasteiger partial charge in [0.25, 0.3) is 0 Å². The second kappa shape index (κ2) is 33.6. The highest BCUT2D eigenvalue weighted by Gasteiger charge is 2.06. The molecule has 1 N–H and O–H groups in total. The minimum Gasteiger partial charge on any atom is -0.481 e. The molecule has 0 amide bonds. The van der Waals surface area contributed by atoms with Crippen LogP contribution in [0.2, 0.25) is 0 Å². The van der Waals surface area contributed by atoms with Crippen molar-refractivity contribution in [2.24, 2.45) is 0 Å². The van der Waals surface area contributed by atoms with Gasteiger partial charge in [-0.15, -0.1) is 0 Å². The average molecular weight is 552 g/mol. The van der Waals surface area contributed by atoms with Gasteiger partial charge in [0.15, 0.2) is 0 Å². The van der Waals surface area contributed by atoms with Gasteiger partial charge in [-0.2, -0.15) is 0 Å². The summed E-state index contributed by atoms with van der Waals surface area (Å²) in [7, 11) is 0. The quantitative estimate of drug-likeness (QED) is 0.0808. The summed E-state index contributed by atoms with van der Waals surface area (Å²) >= 11 is 0. The predicted octanol–water partition coefficient (Wildman–Crippen LogP) is 12.1. The smallest absolute Gasteiger partial charge is 0.303 e. The molecule has 0 fully saturated rings. The highest BCUT2D eigenvalue weighted by Crippen LogP contribution is 2.15. The maximum Gasteiger partial charge on any atom is 0.303 e. The molecule has 0 bridgehead atoms. The van der Waals surface area contributed by atoms with Crippen molar-refractivity contribution in [3.05, 3.63) is 0 Å². The van der Waals surface area contributed by atoms with Gasteiger partial charge in [0, 0.05) is 6.42 Å². The van der Waals surface area contributed by atoms with Gasteiger partial charge >= 0.3 is 5.97 Å². The number of rotatable bonds is 34. The number of hydrogen-bond donors (Lipinski definition) is 1. The molecule has 0 aliphatic heterocycles. The lowest BCUT2D eigenvalue weighted by molar-refractivity contribution is -0.137. The Morgan fingerprint density at radius 2 is 0.615 bits per heavy atom. The summed E-state index contributed by atoms with van der Waals surface area (Å²) < 4.78 is 0. The molecule has 0 saturated carbocycles. The van der Waals surface area contributed by atoms with Crippen molar-refractivity contribution in [3.63, 3.8) is 0 Å². The topological polar surface area (TPSA) is 40.5 Å². The molecule has 0 aromatic carbocycles. The second-order valence-electron chi connectivity index (χ2n) is 12.5. The lowest BCUT2D eigenvalue weighted by atomic mass is 10.0. The van der Waals surface area contributed by atoms with E-state index in [1.165, 1.54) is 180 Å². The van der Waals surface area contributed by atoms with Crippen LogP contribution in [0.15, 0.2) is 0 Å². The number of nitrogens with zero attached hydrogens (tertiary/aromatic N) is 1. The fourth-order valence-corrected chi connectivity index (χ4v) is 5.85. The normalized spacial score (nSPS) is 11.6. The summed E-state index contributed by atoms with van der Waals surface area (Å²) in [5.41, 5.74) is 0. The molecule has 0 radical (unpaired) electrons. The summed E-state index contributed by atoms with van der Waals surface area (Å²) in [5.74, 6) is -0.650. The third kappa shape index (κ3) is 33.5. The third-order valence-electron chi connectivity index (χ3n) is 8.52. The van der Waals surface area contributed by atoms with Crippen LogP contribution in [0.1, 0.15) is 206 Å². The van der Waals surface area contributed by atoms with Gasteiger partial charge in [-0.05, 0) is 38.9 Å². The van der Waals surface area contributed by atoms with E-state index in [2.05, 4.69) is 18.7 Å². The molecular weight excluding hydrogens is 478 g/mol. The van der Waals surface area contributed by atoms with Gasteiger partial charge in [0.05, 0.1) is 0 Å². The number of carbonyl (C=O) groups is 1. The molecule has 0 atom stereocenters. The first-order valence-corrected chi connectivity index (χ1v) is 18.1. The molecule has 3 nitrogen and oxygen atoms in total. The van der Waals surface area contributed by atoms with E-state index in [0.717, 1.165) is 26.1 Å². The molecule has 0 unspecified atom stereocenters. The van der Waals surface area contributed by atoms with E-state index in [0.29, 0.717) is 6.42 Å². The van der Waals surface area contributed by atoms with Crippen molar-refractivity contribution in [1.29, 1.82) is 0 Å².